The van der Waals surface area contributed by atoms with Gasteiger partial charge >= 0.3 is 0 Å². The summed E-state index contributed by atoms with van der Waals surface area (Å²) in [4.78, 5) is 16.4. The number of hydrogen-bond acceptors (Lipinski definition) is 4. The summed E-state index contributed by atoms with van der Waals surface area (Å²) in [5.41, 5.74) is 4.45. The third-order valence-electron chi connectivity index (χ3n) is 3.14. The van der Waals surface area contributed by atoms with Crippen LogP contribution in [0.2, 0.25) is 0 Å². The number of aromatic nitrogens is 1. The lowest BCUT2D eigenvalue weighted by atomic mass is 10.1. The zero-order chi connectivity index (χ0) is 14.1. The van der Waals surface area contributed by atoms with Gasteiger partial charge in [-0.25, -0.2) is 4.98 Å². The number of phenolic OH excluding ortho intramolecular Hbond substituents is 1. The molecule has 1 amide bonds. The number of phenols is 1. The van der Waals surface area contributed by atoms with Crippen molar-refractivity contribution in [2.24, 2.45) is 0 Å². The number of carbonyl (C=O) groups excluding carboxylic acids is 1. The van der Waals surface area contributed by atoms with E-state index in [4.69, 9.17) is 0 Å². The minimum Gasteiger partial charge on any atom is -0.508 e. The third kappa shape index (κ3) is 2.23. The van der Waals surface area contributed by atoms with Gasteiger partial charge in [-0.1, -0.05) is 6.07 Å². The molecule has 0 aliphatic heterocycles. The SMILES string of the molecule is Cc1c(O)cccc1C(=O)Nc1ccc2ncsc2c1. The van der Waals surface area contributed by atoms with Crippen molar-refractivity contribution in [2.45, 2.75) is 6.92 Å². The summed E-state index contributed by atoms with van der Waals surface area (Å²) in [6, 6.07) is 10.5. The Morgan fingerprint density at radius 2 is 2.15 bits per heavy atom. The second-order valence-corrected chi connectivity index (χ2v) is 5.33. The molecule has 0 spiro atoms. The van der Waals surface area contributed by atoms with Gasteiger partial charge in [0.15, 0.2) is 0 Å². The number of rotatable bonds is 2. The summed E-state index contributed by atoms with van der Waals surface area (Å²) in [5.74, 6) is -0.113. The number of nitrogens with zero attached hydrogens (tertiary/aromatic N) is 1. The monoisotopic (exact) mass is 284 g/mol. The fourth-order valence-electron chi connectivity index (χ4n) is 2.00. The van der Waals surface area contributed by atoms with Crippen LogP contribution in [0.15, 0.2) is 41.9 Å². The summed E-state index contributed by atoms with van der Waals surface area (Å²) in [6.07, 6.45) is 0. The van der Waals surface area contributed by atoms with E-state index in [1.54, 1.807) is 30.6 Å². The van der Waals surface area contributed by atoms with Crippen molar-refractivity contribution in [1.82, 2.24) is 4.98 Å². The number of thiazole rings is 1. The van der Waals surface area contributed by atoms with Crippen molar-refractivity contribution in [2.75, 3.05) is 5.32 Å². The molecule has 3 aromatic rings. The van der Waals surface area contributed by atoms with Gasteiger partial charge in [0, 0.05) is 16.8 Å². The molecule has 5 heteroatoms. The maximum Gasteiger partial charge on any atom is 0.256 e. The second-order valence-electron chi connectivity index (χ2n) is 4.44. The normalized spacial score (nSPS) is 10.7. The van der Waals surface area contributed by atoms with Crippen LogP contribution in [-0.2, 0) is 0 Å². The predicted molar refractivity (Wildman–Crippen MR) is 80.4 cm³/mol. The number of carbonyl (C=O) groups is 1. The Labute approximate surface area is 119 Å². The van der Waals surface area contributed by atoms with Crippen molar-refractivity contribution in [3.8, 4) is 5.75 Å². The highest BCUT2D eigenvalue weighted by Crippen LogP contribution is 2.24. The molecule has 0 aliphatic rings. The van der Waals surface area contributed by atoms with Crippen LogP contribution in [-0.4, -0.2) is 16.0 Å². The fourth-order valence-corrected chi connectivity index (χ4v) is 2.72. The van der Waals surface area contributed by atoms with E-state index in [2.05, 4.69) is 10.3 Å². The van der Waals surface area contributed by atoms with Gasteiger partial charge in [0.2, 0.25) is 0 Å². The number of benzene rings is 2. The summed E-state index contributed by atoms with van der Waals surface area (Å²) < 4.78 is 1.02. The fraction of sp³-hybridized carbons (Fsp3) is 0.0667. The predicted octanol–water partition coefficient (Wildman–Crippen LogP) is 3.56. The van der Waals surface area contributed by atoms with Crippen LogP contribution in [0.5, 0.6) is 5.75 Å². The molecule has 0 atom stereocenters. The molecule has 0 fully saturated rings. The molecule has 1 heterocycles. The standard InChI is InChI=1S/C15H12N2O2S/c1-9-11(3-2-4-13(9)18)15(19)17-10-5-6-12-14(7-10)20-8-16-12/h2-8,18H,1H3,(H,17,19). The van der Waals surface area contributed by atoms with Crippen molar-refractivity contribution >= 4 is 33.1 Å². The van der Waals surface area contributed by atoms with E-state index < -0.39 is 0 Å². The number of nitrogens with one attached hydrogen (secondary N) is 1. The highest BCUT2D eigenvalue weighted by molar-refractivity contribution is 7.16. The first-order chi connectivity index (χ1) is 9.65. The molecular weight excluding hydrogens is 272 g/mol. The van der Waals surface area contributed by atoms with Crippen LogP contribution in [0, 0.1) is 6.92 Å². The highest BCUT2D eigenvalue weighted by atomic mass is 32.1. The summed E-state index contributed by atoms with van der Waals surface area (Å²) in [7, 11) is 0. The Morgan fingerprint density at radius 3 is 3.00 bits per heavy atom. The molecule has 0 saturated heterocycles. The molecule has 1 aromatic heterocycles. The van der Waals surface area contributed by atoms with Gasteiger partial charge in [-0.2, -0.15) is 0 Å². The Hall–Kier alpha value is -2.40. The van der Waals surface area contributed by atoms with Gasteiger partial charge in [-0.3, -0.25) is 4.79 Å². The number of amides is 1. The number of hydrogen-bond donors (Lipinski definition) is 2. The molecule has 0 bridgehead atoms. The highest BCUT2D eigenvalue weighted by Gasteiger charge is 2.11. The quantitative estimate of drug-likeness (QED) is 0.756. The van der Waals surface area contributed by atoms with Gasteiger partial charge in [-0.15, -0.1) is 11.3 Å². The van der Waals surface area contributed by atoms with E-state index in [-0.39, 0.29) is 11.7 Å². The minimum atomic E-state index is -0.234. The maximum atomic E-state index is 12.2. The van der Waals surface area contributed by atoms with E-state index in [0.717, 1.165) is 15.9 Å². The first-order valence-electron chi connectivity index (χ1n) is 6.08. The van der Waals surface area contributed by atoms with Gasteiger partial charge < -0.3 is 10.4 Å². The molecule has 4 nitrogen and oxygen atoms in total. The largest absolute Gasteiger partial charge is 0.508 e. The van der Waals surface area contributed by atoms with Gasteiger partial charge in [-0.05, 0) is 37.3 Å². The molecule has 3 rings (SSSR count). The average Bonchev–Trinajstić information content (AvgIpc) is 2.89. The molecule has 20 heavy (non-hydrogen) atoms. The zero-order valence-corrected chi connectivity index (χ0v) is 11.6. The Morgan fingerprint density at radius 1 is 1.30 bits per heavy atom. The molecular formula is C15H12N2O2S. The molecule has 2 aromatic carbocycles. The van der Waals surface area contributed by atoms with E-state index in [1.165, 1.54) is 11.3 Å². The Kier molecular flexibility index (Phi) is 3.12. The van der Waals surface area contributed by atoms with Crippen LogP contribution in [0.3, 0.4) is 0 Å². The van der Waals surface area contributed by atoms with Gasteiger partial charge in [0.05, 0.1) is 15.7 Å². The molecule has 100 valence electrons. The summed E-state index contributed by atoms with van der Waals surface area (Å²) >= 11 is 1.53. The first-order valence-corrected chi connectivity index (χ1v) is 6.96. The van der Waals surface area contributed by atoms with Crippen molar-refractivity contribution in [3.05, 3.63) is 53.0 Å². The van der Waals surface area contributed by atoms with Crippen molar-refractivity contribution in [1.29, 1.82) is 0 Å². The number of anilines is 1. The average molecular weight is 284 g/mol. The first kappa shape index (κ1) is 12.6. The number of aromatic hydroxyl groups is 1. The maximum absolute atomic E-state index is 12.2. The molecule has 0 radical (unpaired) electrons. The van der Waals surface area contributed by atoms with Gasteiger partial charge in [0.1, 0.15) is 5.75 Å². The van der Waals surface area contributed by atoms with Crippen LogP contribution >= 0.6 is 11.3 Å². The van der Waals surface area contributed by atoms with Crippen molar-refractivity contribution < 1.29 is 9.90 Å². The van der Waals surface area contributed by atoms with Crippen molar-refractivity contribution in [3.63, 3.8) is 0 Å². The van der Waals surface area contributed by atoms with Crippen LogP contribution in [0.25, 0.3) is 10.2 Å². The topological polar surface area (TPSA) is 62.2 Å². The van der Waals surface area contributed by atoms with E-state index >= 15 is 0 Å². The minimum absolute atomic E-state index is 0.121. The smallest absolute Gasteiger partial charge is 0.256 e. The van der Waals surface area contributed by atoms with Crippen LogP contribution in [0.1, 0.15) is 15.9 Å². The number of fused-ring (bicyclic) bond motifs is 1. The van der Waals surface area contributed by atoms with E-state index in [1.807, 2.05) is 18.2 Å². The molecule has 0 aliphatic carbocycles. The summed E-state index contributed by atoms with van der Waals surface area (Å²) in [6.45, 7) is 1.72. The molecule has 0 saturated carbocycles. The molecule has 2 N–H and O–H groups in total. The lowest BCUT2D eigenvalue weighted by molar-refractivity contribution is 0.102. The third-order valence-corrected chi connectivity index (χ3v) is 3.93. The zero-order valence-electron chi connectivity index (χ0n) is 10.8. The Balaban J connectivity index is 1.90. The summed E-state index contributed by atoms with van der Waals surface area (Å²) in [5, 5.41) is 12.5. The van der Waals surface area contributed by atoms with Crippen LogP contribution in [0.4, 0.5) is 5.69 Å². The lowest BCUT2D eigenvalue weighted by Gasteiger charge is -2.08. The molecule has 0 unspecified atom stereocenters. The Bertz CT molecular complexity index is 795. The van der Waals surface area contributed by atoms with Crippen LogP contribution < -0.4 is 5.32 Å². The van der Waals surface area contributed by atoms with Gasteiger partial charge in [0.25, 0.3) is 5.91 Å². The second kappa shape index (κ2) is 4.94. The lowest BCUT2D eigenvalue weighted by Crippen LogP contribution is -2.13. The van der Waals surface area contributed by atoms with E-state index in [9.17, 15) is 9.90 Å². The van der Waals surface area contributed by atoms with E-state index in [0.29, 0.717) is 11.1 Å².